The van der Waals surface area contributed by atoms with Gasteiger partial charge in [0.1, 0.15) is 0 Å². The number of aromatic hydroxyl groups is 1. The summed E-state index contributed by atoms with van der Waals surface area (Å²) < 4.78 is 1.32. The molecule has 82 valence electrons. The maximum absolute atomic E-state index is 11.4. The van der Waals surface area contributed by atoms with Gasteiger partial charge in [0, 0.05) is 25.9 Å². The summed E-state index contributed by atoms with van der Waals surface area (Å²) in [6, 6.07) is 1.14. The third-order valence-electron chi connectivity index (χ3n) is 1.93. The van der Waals surface area contributed by atoms with E-state index >= 15 is 0 Å². The van der Waals surface area contributed by atoms with Gasteiger partial charge in [-0.25, -0.2) is 0 Å². The van der Waals surface area contributed by atoms with Gasteiger partial charge in [-0.1, -0.05) is 0 Å². The Morgan fingerprint density at radius 2 is 2.27 bits per heavy atom. The van der Waals surface area contributed by atoms with Crippen LogP contribution in [0.2, 0.25) is 0 Å². The molecular weight excluding hydrogens is 200 g/mol. The normalized spacial score (nSPS) is 10.0. The number of aromatic nitrogens is 1. The summed E-state index contributed by atoms with van der Waals surface area (Å²) in [7, 11) is 1.39. The van der Waals surface area contributed by atoms with Crippen LogP contribution in [0.5, 0.6) is 5.75 Å². The minimum atomic E-state index is -0.622. The van der Waals surface area contributed by atoms with Crippen LogP contribution >= 0.6 is 0 Å². The molecule has 0 radical (unpaired) electrons. The summed E-state index contributed by atoms with van der Waals surface area (Å²) in [5.41, 5.74) is -0.762. The second-order valence-corrected chi connectivity index (χ2v) is 2.87. The molecule has 0 aromatic carbocycles. The zero-order valence-corrected chi connectivity index (χ0v) is 8.23. The maximum atomic E-state index is 11.4. The van der Waals surface area contributed by atoms with E-state index in [1.807, 2.05) is 0 Å². The van der Waals surface area contributed by atoms with Crippen LogP contribution in [-0.4, -0.2) is 34.3 Å². The maximum Gasteiger partial charge on any atom is 0.271 e. The van der Waals surface area contributed by atoms with Crippen LogP contribution in [-0.2, 0) is 6.54 Å². The number of aliphatic hydroxyl groups excluding tert-OH is 1. The average Bonchev–Trinajstić information content (AvgIpc) is 2.23. The first-order valence-electron chi connectivity index (χ1n) is 4.37. The Morgan fingerprint density at radius 1 is 1.60 bits per heavy atom. The Bertz CT molecular complexity index is 425. The molecule has 0 fully saturated rings. The molecule has 15 heavy (non-hydrogen) atoms. The van der Waals surface area contributed by atoms with Crippen molar-refractivity contribution in [3.05, 3.63) is 28.2 Å². The first-order chi connectivity index (χ1) is 7.11. The first-order valence-corrected chi connectivity index (χ1v) is 4.37. The number of hydrogen-bond acceptors (Lipinski definition) is 4. The summed E-state index contributed by atoms with van der Waals surface area (Å²) >= 11 is 0. The fourth-order valence-electron chi connectivity index (χ4n) is 1.21. The molecule has 1 heterocycles. The summed E-state index contributed by atoms with van der Waals surface area (Å²) in [6.45, 7) is -0.0527. The Kier molecular flexibility index (Phi) is 3.46. The number of aliphatic hydroxyl groups is 1. The van der Waals surface area contributed by atoms with E-state index < -0.39 is 17.1 Å². The van der Waals surface area contributed by atoms with E-state index in [0.717, 1.165) is 6.07 Å². The number of pyridine rings is 1. The molecule has 0 unspecified atom stereocenters. The van der Waals surface area contributed by atoms with Crippen molar-refractivity contribution in [1.82, 2.24) is 9.88 Å². The number of nitrogens with one attached hydrogen (secondary N) is 1. The Labute approximate surface area is 85.8 Å². The number of hydrogen-bond donors (Lipinski definition) is 3. The largest absolute Gasteiger partial charge is 0.503 e. The van der Waals surface area contributed by atoms with Crippen molar-refractivity contribution in [3.63, 3.8) is 0 Å². The lowest BCUT2D eigenvalue weighted by Gasteiger charge is -2.11. The molecule has 0 aliphatic heterocycles. The van der Waals surface area contributed by atoms with Crippen LogP contribution in [0, 0.1) is 0 Å². The highest BCUT2D eigenvalue weighted by Crippen LogP contribution is 2.10. The quantitative estimate of drug-likeness (QED) is 0.593. The fraction of sp³-hybridized carbons (Fsp3) is 0.333. The van der Waals surface area contributed by atoms with Crippen molar-refractivity contribution in [2.75, 3.05) is 13.7 Å². The number of carbonyl (C=O) groups is 1. The molecule has 1 rings (SSSR count). The molecule has 6 nitrogen and oxygen atoms in total. The van der Waals surface area contributed by atoms with Gasteiger partial charge < -0.3 is 20.1 Å². The van der Waals surface area contributed by atoms with Crippen LogP contribution in [0.3, 0.4) is 0 Å². The summed E-state index contributed by atoms with van der Waals surface area (Å²) in [4.78, 5) is 22.5. The molecule has 0 aliphatic rings. The van der Waals surface area contributed by atoms with Gasteiger partial charge in [0.25, 0.3) is 5.91 Å². The van der Waals surface area contributed by atoms with Crippen molar-refractivity contribution >= 4 is 5.91 Å². The van der Waals surface area contributed by atoms with Gasteiger partial charge in [0.15, 0.2) is 11.4 Å². The third-order valence-corrected chi connectivity index (χ3v) is 1.93. The van der Waals surface area contributed by atoms with Gasteiger partial charge in [0.2, 0.25) is 5.43 Å². The third kappa shape index (κ3) is 2.16. The van der Waals surface area contributed by atoms with Crippen molar-refractivity contribution in [3.8, 4) is 5.75 Å². The van der Waals surface area contributed by atoms with E-state index in [1.165, 1.54) is 17.8 Å². The molecule has 0 atom stereocenters. The number of carbonyl (C=O) groups excluding carboxylic acids is 1. The molecule has 0 saturated carbocycles. The second-order valence-electron chi connectivity index (χ2n) is 2.87. The summed E-state index contributed by atoms with van der Waals surface area (Å²) in [5.74, 6) is -1.18. The van der Waals surface area contributed by atoms with Gasteiger partial charge in [-0.05, 0) is 0 Å². The molecule has 1 amide bonds. The summed E-state index contributed by atoms with van der Waals surface area (Å²) in [6.07, 6.45) is 1.35. The Morgan fingerprint density at radius 3 is 2.80 bits per heavy atom. The van der Waals surface area contributed by atoms with Crippen molar-refractivity contribution in [2.24, 2.45) is 0 Å². The lowest BCUT2D eigenvalue weighted by atomic mass is 10.3. The van der Waals surface area contributed by atoms with Crippen molar-refractivity contribution in [1.29, 1.82) is 0 Å². The zero-order chi connectivity index (χ0) is 11.4. The highest BCUT2D eigenvalue weighted by molar-refractivity contribution is 5.94. The molecule has 6 heteroatoms. The van der Waals surface area contributed by atoms with Gasteiger partial charge in [0.05, 0.1) is 6.61 Å². The molecule has 1 aromatic heterocycles. The first kappa shape index (κ1) is 11.3. The van der Waals surface area contributed by atoms with Crippen molar-refractivity contribution < 1.29 is 15.0 Å². The molecule has 1 aromatic rings. The Hall–Kier alpha value is -1.82. The molecule has 0 bridgehead atoms. The molecule has 0 saturated heterocycles. The smallest absolute Gasteiger partial charge is 0.271 e. The lowest BCUT2D eigenvalue weighted by molar-refractivity contribution is 0.0948. The number of amides is 1. The Balaban J connectivity index is 3.34. The molecule has 0 spiro atoms. The van der Waals surface area contributed by atoms with Gasteiger partial charge in [-0.15, -0.1) is 0 Å². The molecular formula is C9H12N2O4. The van der Waals surface area contributed by atoms with Gasteiger partial charge >= 0.3 is 0 Å². The van der Waals surface area contributed by atoms with Crippen LogP contribution in [0.15, 0.2) is 17.1 Å². The van der Waals surface area contributed by atoms with E-state index in [4.69, 9.17) is 5.11 Å². The van der Waals surface area contributed by atoms with E-state index in [0.29, 0.717) is 0 Å². The standard InChI is InChI=1S/C9H12N2O4/c1-10-9(15)7-8(14)6(13)2-3-11(7)4-5-12/h2-3,12,14H,4-5H2,1H3,(H,10,15). The predicted molar refractivity (Wildman–Crippen MR) is 52.8 cm³/mol. The SMILES string of the molecule is CNC(=O)c1c(O)c(=O)ccn1CCO. The average molecular weight is 212 g/mol. The summed E-state index contributed by atoms with van der Waals surface area (Å²) in [5, 5.41) is 20.5. The van der Waals surface area contributed by atoms with E-state index in [2.05, 4.69) is 5.32 Å². The fourth-order valence-corrected chi connectivity index (χ4v) is 1.21. The van der Waals surface area contributed by atoms with Crippen LogP contribution in [0.1, 0.15) is 10.5 Å². The van der Waals surface area contributed by atoms with E-state index in [1.54, 1.807) is 0 Å². The second kappa shape index (κ2) is 4.61. The zero-order valence-electron chi connectivity index (χ0n) is 8.23. The highest BCUT2D eigenvalue weighted by atomic mass is 16.3. The van der Waals surface area contributed by atoms with Crippen LogP contribution in [0.25, 0.3) is 0 Å². The van der Waals surface area contributed by atoms with Gasteiger partial charge in [-0.2, -0.15) is 0 Å². The monoisotopic (exact) mass is 212 g/mol. The van der Waals surface area contributed by atoms with E-state index in [-0.39, 0.29) is 18.8 Å². The van der Waals surface area contributed by atoms with Crippen LogP contribution in [0.4, 0.5) is 0 Å². The minimum absolute atomic E-state index is 0.136. The predicted octanol–water partition coefficient (Wildman–Crippen LogP) is -1.09. The number of rotatable bonds is 3. The number of nitrogens with zero attached hydrogens (tertiary/aromatic N) is 1. The van der Waals surface area contributed by atoms with E-state index in [9.17, 15) is 14.7 Å². The lowest BCUT2D eigenvalue weighted by Crippen LogP contribution is -2.26. The topological polar surface area (TPSA) is 91.6 Å². The van der Waals surface area contributed by atoms with Gasteiger partial charge in [-0.3, -0.25) is 9.59 Å². The molecule has 0 aliphatic carbocycles. The highest BCUT2D eigenvalue weighted by Gasteiger charge is 2.16. The molecule has 3 N–H and O–H groups in total. The van der Waals surface area contributed by atoms with Crippen LogP contribution < -0.4 is 10.7 Å². The minimum Gasteiger partial charge on any atom is -0.503 e. The van der Waals surface area contributed by atoms with Crippen molar-refractivity contribution in [2.45, 2.75) is 6.54 Å².